The number of hydrogen-bond donors (Lipinski definition) is 2. The topological polar surface area (TPSA) is 93.0 Å². The van der Waals surface area contributed by atoms with Gasteiger partial charge in [-0.25, -0.2) is 4.98 Å². The summed E-state index contributed by atoms with van der Waals surface area (Å²) in [6, 6.07) is 10.2. The van der Waals surface area contributed by atoms with Gasteiger partial charge in [0.1, 0.15) is 17.6 Å². The Morgan fingerprint density at radius 2 is 2.04 bits per heavy atom. The maximum absolute atomic E-state index is 5.95. The van der Waals surface area contributed by atoms with Crippen molar-refractivity contribution in [2.45, 2.75) is 12.6 Å². The van der Waals surface area contributed by atoms with E-state index in [-0.39, 0.29) is 6.10 Å². The highest BCUT2D eigenvalue weighted by Crippen LogP contribution is 2.27. The van der Waals surface area contributed by atoms with Crippen LogP contribution in [0.25, 0.3) is 11.3 Å². The third-order valence-corrected chi connectivity index (χ3v) is 4.39. The van der Waals surface area contributed by atoms with E-state index in [1.165, 1.54) is 5.56 Å². The number of rotatable bonds is 4. The van der Waals surface area contributed by atoms with Gasteiger partial charge in [0, 0.05) is 37.6 Å². The predicted molar refractivity (Wildman–Crippen MR) is 94.4 cm³/mol. The van der Waals surface area contributed by atoms with E-state index in [4.69, 9.17) is 10.5 Å². The summed E-state index contributed by atoms with van der Waals surface area (Å²) < 4.78 is 5.86. The number of hydrogen-bond acceptors (Lipinski definition) is 6. The highest BCUT2D eigenvalue weighted by molar-refractivity contribution is 5.62. The molecule has 0 saturated carbocycles. The molecule has 7 nitrogen and oxygen atoms in total. The summed E-state index contributed by atoms with van der Waals surface area (Å²) in [5.41, 5.74) is 10.0. The fourth-order valence-corrected chi connectivity index (χ4v) is 3.15. The average Bonchev–Trinajstić information content (AvgIpc) is 3.11. The molecule has 1 fully saturated rings. The van der Waals surface area contributed by atoms with Crippen LogP contribution in [0.1, 0.15) is 17.4 Å². The largest absolute Gasteiger partial charge is 0.382 e. The van der Waals surface area contributed by atoms with Crippen LogP contribution in [0.5, 0.6) is 0 Å². The van der Waals surface area contributed by atoms with Crippen LogP contribution in [-0.4, -0.2) is 44.8 Å². The Labute approximate surface area is 145 Å². The van der Waals surface area contributed by atoms with Crippen molar-refractivity contribution >= 4 is 5.82 Å². The van der Waals surface area contributed by atoms with Crippen LogP contribution < -0.4 is 5.73 Å². The van der Waals surface area contributed by atoms with E-state index in [2.05, 4.69) is 37.2 Å². The van der Waals surface area contributed by atoms with Crippen molar-refractivity contribution in [1.29, 1.82) is 0 Å². The van der Waals surface area contributed by atoms with Gasteiger partial charge in [-0.2, -0.15) is 5.10 Å². The van der Waals surface area contributed by atoms with E-state index in [1.54, 1.807) is 12.4 Å². The Morgan fingerprint density at radius 1 is 1.20 bits per heavy atom. The minimum atomic E-state index is -0.158. The Morgan fingerprint density at radius 3 is 2.88 bits per heavy atom. The Kier molecular flexibility index (Phi) is 4.41. The molecule has 0 unspecified atom stereocenters. The molecule has 0 bridgehead atoms. The molecule has 0 spiro atoms. The van der Waals surface area contributed by atoms with E-state index in [0.29, 0.717) is 18.1 Å². The quantitative estimate of drug-likeness (QED) is 0.757. The predicted octanol–water partition coefficient (Wildman–Crippen LogP) is 2.02. The number of benzene rings is 1. The van der Waals surface area contributed by atoms with E-state index >= 15 is 0 Å². The van der Waals surface area contributed by atoms with E-state index in [1.807, 2.05) is 24.4 Å². The van der Waals surface area contributed by atoms with Gasteiger partial charge >= 0.3 is 0 Å². The summed E-state index contributed by atoms with van der Waals surface area (Å²) in [5.74, 6) is 0.433. The van der Waals surface area contributed by atoms with Crippen molar-refractivity contribution in [1.82, 2.24) is 25.1 Å². The Hall–Kier alpha value is -2.77. The summed E-state index contributed by atoms with van der Waals surface area (Å²) in [7, 11) is 0. The molecule has 4 rings (SSSR count). The number of anilines is 1. The lowest BCUT2D eigenvalue weighted by atomic mass is 10.1. The number of aromatic nitrogens is 4. The van der Waals surface area contributed by atoms with Crippen molar-refractivity contribution in [2.75, 3.05) is 25.4 Å². The minimum Gasteiger partial charge on any atom is -0.382 e. The second-order valence-corrected chi connectivity index (χ2v) is 6.06. The van der Waals surface area contributed by atoms with Gasteiger partial charge in [0.15, 0.2) is 0 Å². The first-order valence-electron chi connectivity index (χ1n) is 8.29. The number of nitrogens with zero attached hydrogens (tertiary/aromatic N) is 4. The average molecular weight is 336 g/mol. The maximum atomic E-state index is 5.95. The number of nitrogens with one attached hydrogen (secondary N) is 1. The molecule has 7 heteroatoms. The van der Waals surface area contributed by atoms with Gasteiger partial charge in [0.2, 0.25) is 0 Å². The molecule has 3 N–H and O–H groups in total. The number of morpholine rings is 1. The molecule has 1 atom stereocenters. The lowest BCUT2D eigenvalue weighted by Crippen LogP contribution is -2.38. The smallest absolute Gasteiger partial charge is 0.147 e. The summed E-state index contributed by atoms with van der Waals surface area (Å²) >= 11 is 0. The molecule has 0 amide bonds. The van der Waals surface area contributed by atoms with Crippen molar-refractivity contribution in [3.63, 3.8) is 0 Å². The summed E-state index contributed by atoms with van der Waals surface area (Å²) in [4.78, 5) is 10.8. The zero-order valence-electron chi connectivity index (χ0n) is 13.8. The van der Waals surface area contributed by atoms with Gasteiger partial charge in [-0.15, -0.1) is 0 Å². The summed E-state index contributed by atoms with van der Waals surface area (Å²) in [6.07, 6.45) is 4.98. The van der Waals surface area contributed by atoms with Crippen molar-refractivity contribution < 1.29 is 4.74 Å². The molecule has 0 aliphatic carbocycles. The lowest BCUT2D eigenvalue weighted by molar-refractivity contribution is -0.0346. The number of nitrogens with two attached hydrogens (primary N) is 1. The molecule has 2 aromatic heterocycles. The Balaban J connectivity index is 1.51. The first-order chi connectivity index (χ1) is 12.3. The van der Waals surface area contributed by atoms with Crippen molar-refractivity contribution in [3.8, 4) is 11.3 Å². The van der Waals surface area contributed by atoms with E-state index < -0.39 is 0 Å². The van der Waals surface area contributed by atoms with Gasteiger partial charge in [0.25, 0.3) is 0 Å². The zero-order valence-corrected chi connectivity index (χ0v) is 13.8. The van der Waals surface area contributed by atoms with Crippen LogP contribution in [0, 0.1) is 0 Å². The van der Waals surface area contributed by atoms with Gasteiger partial charge in [-0.05, 0) is 5.56 Å². The first kappa shape index (κ1) is 15.7. The van der Waals surface area contributed by atoms with Gasteiger partial charge in [-0.1, -0.05) is 30.3 Å². The van der Waals surface area contributed by atoms with Crippen LogP contribution >= 0.6 is 0 Å². The van der Waals surface area contributed by atoms with Crippen LogP contribution in [0.15, 0.2) is 48.9 Å². The molecule has 1 aliphatic rings. The number of H-pyrrole nitrogens is 1. The molecule has 3 aromatic rings. The second kappa shape index (κ2) is 7.00. The first-order valence-corrected chi connectivity index (χ1v) is 8.29. The van der Waals surface area contributed by atoms with Gasteiger partial charge in [-0.3, -0.25) is 15.0 Å². The number of ether oxygens (including phenoxy) is 1. The molecular weight excluding hydrogens is 316 g/mol. The summed E-state index contributed by atoms with van der Waals surface area (Å²) in [6.45, 7) is 3.01. The summed E-state index contributed by atoms with van der Waals surface area (Å²) in [5, 5.41) is 7.34. The third kappa shape index (κ3) is 3.38. The zero-order chi connectivity index (χ0) is 17.1. The monoisotopic (exact) mass is 336 g/mol. The molecule has 1 saturated heterocycles. The molecule has 1 aromatic carbocycles. The molecule has 3 heterocycles. The highest BCUT2D eigenvalue weighted by atomic mass is 16.5. The second-order valence-electron chi connectivity index (χ2n) is 6.06. The fraction of sp³-hybridized carbons (Fsp3) is 0.278. The van der Waals surface area contributed by atoms with Crippen molar-refractivity contribution in [2.24, 2.45) is 0 Å². The Bertz CT molecular complexity index is 834. The molecule has 25 heavy (non-hydrogen) atoms. The maximum Gasteiger partial charge on any atom is 0.147 e. The van der Waals surface area contributed by atoms with E-state index in [9.17, 15) is 0 Å². The van der Waals surface area contributed by atoms with Gasteiger partial charge in [0.05, 0.1) is 18.5 Å². The van der Waals surface area contributed by atoms with Crippen LogP contribution in [0.3, 0.4) is 0 Å². The highest BCUT2D eigenvalue weighted by Gasteiger charge is 2.26. The molecule has 128 valence electrons. The molecular formula is C18H20N6O. The molecule has 1 aliphatic heterocycles. The van der Waals surface area contributed by atoms with Crippen LogP contribution in [-0.2, 0) is 11.3 Å². The normalized spacial score (nSPS) is 18.3. The van der Waals surface area contributed by atoms with Crippen LogP contribution in [0.4, 0.5) is 5.82 Å². The number of aromatic amines is 1. The lowest BCUT2D eigenvalue weighted by Gasteiger charge is -2.32. The molecule has 0 radical (unpaired) electrons. The fourth-order valence-electron chi connectivity index (χ4n) is 3.15. The van der Waals surface area contributed by atoms with Crippen molar-refractivity contribution in [3.05, 3.63) is 60.2 Å². The number of nitrogen functional groups attached to an aromatic ring is 1. The van der Waals surface area contributed by atoms with Gasteiger partial charge < -0.3 is 10.5 Å². The minimum absolute atomic E-state index is 0.158. The third-order valence-electron chi connectivity index (χ3n) is 4.39. The standard InChI is InChI=1S/C18H20N6O/c19-18-17(20-6-7-21-18)15-12-24(8-9-25-15)11-14-10-22-23-16(14)13-4-2-1-3-5-13/h1-7,10,15H,8-9,11-12H2,(H2,19,21)(H,22,23)/t15-/m0/s1. The van der Waals surface area contributed by atoms with E-state index in [0.717, 1.165) is 30.9 Å². The van der Waals surface area contributed by atoms with Crippen LogP contribution in [0.2, 0.25) is 0 Å². The SMILES string of the molecule is Nc1nccnc1[C@@H]1CN(Cc2cn[nH]c2-c2ccccc2)CCO1.